The second-order valence-electron chi connectivity index (χ2n) is 7.12. The first-order valence-electron chi connectivity index (χ1n) is 9.75. The zero-order valence-electron chi connectivity index (χ0n) is 16.8. The molecule has 1 N–H and O–H groups in total. The van der Waals surface area contributed by atoms with Crippen LogP contribution >= 0.6 is 0 Å². The molecule has 1 heterocycles. The zero-order valence-corrected chi connectivity index (χ0v) is 16.8. The van der Waals surface area contributed by atoms with Crippen molar-refractivity contribution in [2.75, 3.05) is 5.32 Å². The molecule has 150 valence electrons. The molecule has 30 heavy (non-hydrogen) atoms. The van der Waals surface area contributed by atoms with Crippen molar-refractivity contribution in [3.05, 3.63) is 90.6 Å². The molecule has 1 atom stereocenters. The summed E-state index contributed by atoms with van der Waals surface area (Å²) in [5.74, 6) is -0.905. The topological polar surface area (TPSA) is 60.3 Å². The van der Waals surface area contributed by atoms with Gasteiger partial charge in [-0.1, -0.05) is 66.7 Å². The van der Waals surface area contributed by atoms with E-state index in [1.165, 1.54) is 0 Å². The molecular weight excluding hydrogens is 376 g/mol. The summed E-state index contributed by atoms with van der Waals surface area (Å²) < 4.78 is 7.34. The highest BCUT2D eigenvalue weighted by molar-refractivity contribution is 6.06. The summed E-state index contributed by atoms with van der Waals surface area (Å²) in [5.41, 5.74) is 3.94. The number of amides is 1. The van der Waals surface area contributed by atoms with Crippen LogP contribution in [0.4, 0.5) is 5.69 Å². The van der Waals surface area contributed by atoms with E-state index in [1.54, 1.807) is 13.1 Å². The molecule has 5 heteroatoms. The third kappa shape index (κ3) is 3.82. The predicted octanol–water partition coefficient (Wildman–Crippen LogP) is 5.03. The maximum atomic E-state index is 12.7. The molecule has 4 rings (SSSR count). The van der Waals surface area contributed by atoms with Gasteiger partial charge in [-0.15, -0.1) is 0 Å². The van der Waals surface area contributed by atoms with Gasteiger partial charge in [-0.05, 0) is 24.6 Å². The molecule has 1 unspecified atom stereocenters. The van der Waals surface area contributed by atoms with E-state index in [-0.39, 0.29) is 5.91 Å². The summed E-state index contributed by atoms with van der Waals surface area (Å²) in [6.07, 6.45) is 0.780. The summed E-state index contributed by atoms with van der Waals surface area (Å²) in [4.78, 5) is 25.5. The van der Waals surface area contributed by atoms with Crippen molar-refractivity contribution >= 4 is 28.5 Å². The summed E-state index contributed by atoms with van der Waals surface area (Å²) in [7, 11) is 1.87. The number of rotatable bonds is 5. The van der Waals surface area contributed by atoms with Crippen LogP contribution in [0, 0.1) is 0 Å². The second-order valence-corrected chi connectivity index (χ2v) is 7.12. The number of nitrogens with one attached hydrogen (secondary N) is 1. The molecule has 4 aromatic rings. The van der Waals surface area contributed by atoms with Gasteiger partial charge in [0, 0.05) is 35.4 Å². The predicted molar refractivity (Wildman–Crippen MR) is 118 cm³/mol. The van der Waals surface area contributed by atoms with Gasteiger partial charge in [0.15, 0.2) is 6.10 Å². The van der Waals surface area contributed by atoms with Crippen LogP contribution in [-0.4, -0.2) is 22.5 Å². The maximum Gasteiger partial charge on any atom is 0.341 e. The molecule has 0 aliphatic carbocycles. The average molecular weight is 398 g/mol. The molecule has 1 aromatic heterocycles. The van der Waals surface area contributed by atoms with E-state index in [0.29, 0.717) is 11.3 Å². The van der Waals surface area contributed by atoms with Gasteiger partial charge in [0.2, 0.25) is 0 Å². The Morgan fingerprint density at radius 1 is 0.900 bits per heavy atom. The van der Waals surface area contributed by atoms with Gasteiger partial charge in [0.05, 0.1) is 5.56 Å². The van der Waals surface area contributed by atoms with E-state index < -0.39 is 12.1 Å². The first kappa shape index (κ1) is 19.5. The molecule has 0 bridgehead atoms. The summed E-state index contributed by atoms with van der Waals surface area (Å²) >= 11 is 0. The number of aryl methyl sites for hydroxylation is 1. The summed E-state index contributed by atoms with van der Waals surface area (Å²) in [6, 6.07) is 24.9. The minimum atomic E-state index is -0.944. The SMILES string of the molecule is CC(OC(=O)c1cn(C)c2ccccc12)C(=O)Nc1ccccc1-c1ccccc1. The van der Waals surface area contributed by atoms with Crippen LogP contribution in [0.3, 0.4) is 0 Å². The number of fused-ring (bicyclic) bond motifs is 1. The van der Waals surface area contributed by atoms with E-state index in [2.05, 4.69) is 5.32 Å². The van der Waals surface area contributed by atoms with Crippen LogP contribution < -0.4 is 5.32 Å². The normalized spacial score (nSPS) is 11.8. The third-order valence-corrected chi connectivity index (χ3v) is 5.04. The number of para-hydroxylation sites is 2. The fraction of sp³-hybridized carbons (Fsp3) is 0.120. The molecule has 0 aliphatic rings. The minimum Gasteiger partial charge on any atom is -0.449 e. The van der Waals surface area contributed by atoms with Crippen molar-refractivity contribution in [2.24, 2.45) is 7.05 Å². The van der Waals surface area contributed by atoms with Crippen molar-refractivity contribution in [1.82, 2.24) is 4.57 Å². The smallest absolute Gasteiger partial charge is 0.341 e. The largest absolute Gasteiger partial charge is 0.449 e. The first-order valence-corrected chi connectivity index (χ1v) is 9.75. The van der Waals surface area contributed by atoms with E-state index in [1.807, 2.05) is 90.5 Å². The highest BCUT2D eigenvalue weighted by Crippen LogP contribution is 2.28. The molecule has 0 radical (unpaired) electrons. The van der Waals surface area contributed by atoms with Gasteiger partial charge in [-0.25, -0.2) is 4.79 Å². The van der Waals surface area contributed by atoms with Crippen LogP contribution in [0.2, 0.25) is 0 Å². The molecule has 3 aromatic carbocycles. The van der Waals surface area contributed by atoms with Gasteiger partial charge in [0.25, 0.3) is 5.91 Å². The second kappa shape index (κ2) is 8.25. The number of hydrogen-bond donors (Lipinski definition) is 1. The lowest BCUT2D eigenvalue weighted by Crippen LogP contribution is -2.30. The Balaban J connectivity index is 1.51. The number of aromatic nitrogens is 1. The number of carbonyl (C=O) groups excluding carboxylic acids is 2. The summed E-state index contributed by atoms with van der Waals surface area (Å²) in [5, 5.41) is 3.68. The van der Waals surface area contributed by atoms with Crippen molar-refractivity contribution in [3.8, 4) is 11.1 Å². The van der Waals surface area contributed by atoms with Crippen molar-refractivity contribution in [3.63, 3.8) is 0 Å². The number of ether oxygens (including phenoxy) is 1. The lowest BCUT2D eigenvalue weighted by Gasteiger charge is -2.15. The molecule has 0 spiro atoms. The Hall–Kier alpha value is -3.86. The lowest BCUT2D eigenvalue weighted by atomic mass is 10.0. The van der Waals surface area contributed by atoms with Gasteiger partial charge in [-0.3, -0.25) is 4.79 Å². The number of carbonyl (C=O) groups is 2. The van der Waals surface area contributed by atoms with E-state index in [9.17, 15) is 9.59 Å². The van der Waals surface area contributed by atoms with Crippen molar-refractivity contribution in [1.29, 1.82) is 0 Å². The first-order chi connectivity index (χ1) is 14.5. The van der Waals surface area contributed by atoms with Gasteiger partial charge in [0.1, 0.15) is 0 Å². The van der Waals surface area contributed by atoms with Crippen LogP contribution in [0.5, 0.6) is 0 Å². The molecule has 0 fully saturated rings. The Morgan fingerprint density at radius 2 is 1.57 bits per heavy atom. The molecule has 0 aliphatic heterocycles. The molecular formula is C25H22N2O3. The highest BCUT2D eigenvalue weighted by Gasteiger charge is 2.22. The quantitative estimate of drug-likeness (QED) is 0.480. The van der Waals surface area contributed by atoms with Crippen molar-refractivity contribution < 1.29 is 14.3 Å². The number of hydrogen-bond acceptors (Lipinski definition) is 3. The highest BCUT2D eigenvalue weighted by atomic mass is 16.5. The molecule has 0 saturated carbocycles. The van der Waals surface area contributed by atoms with Crippen LogP contribution in [0.15, 0.2) is 85.1 Å². The number of esters is 1. The van der Waals surface area contributed by atoms with Gasteiger partial charge >= 0.3 is 5.97 Å². The van der Waals surface area contributed by atoms with Gasteiger partial charge < -0.3 is 14.6 Å². The number of benzene rings is 3. The van der Waals surface area contributed by atoms with Crippen molar-refractivity contribution in [2.45, 2.75) is 13.0 Å². The Morgan fingerprint density at radius 3 is 2.37 bits per heavy atom. The van der Waals surface area contributed by atoms with Crippen LogP contribution in [0.1, 0.15) is 17.3 Å². The lowest BCUT2D eigenvalue weighted by molar-refractivity contribution is -0.123. The van der Waals surface area contributed by atoms with E-state index in [4.69, 9.17) is 4.74 Å². The number of nitrogens with zero attached hydrogens (tertiary/aromatic N) is 1. The number of anilines is 1. The monoisotopic (exact) mass is 398 g/mol. The fourth-order valence-corrected chi connectivity index (χ4v) is 3.48. The maximum absolute atomic E-state index is 12.7. The fourth-order valence-electron chi connectivity index (χ4n) is 3.48. The third-order valence-electron chi connectivity index (χ3n) is 5.04. The average Bonchev–Trinajstić information content (AvgIpc) is 3.11. The van der Waals surface area contributed by atoms with E-state index >= 15 is 0 Å². The van der Waals surface area contributed by atoms with E-state index in [0.717, 1.165) is 22.0 Å². The van der Waals surface area contributed by atoms with Gasteiger partial charge in [-0.2, -0.15) is 0 Å². The Kier molecular flexibility index (Phi) is 5.35. The van der Waals surface area contributed by atoms with Crippen LogP contribution in [-0.2, 0) is 16.6 Å². The molecule has 5 nitrogen and oxygen atoms in total. The van der Waals surface area contributed by atoms with Crippen LogP contribution in [0.25, 0.3) is 22.0 Å². The molecule has 1 amide bonds. The Labute approximate surface area is 174 Å². The summed E-state index contributed by atoms with van der Waals surface area (Å²) in [6.45, 7) is 1.57. The Bertz CT molecular complexity index is 1210. The molecule has 0 saturated heterocycles. The zero-order chi connectivity index (χ0) is 21.1. The minimum absolute atomic E-state index is 0.382. The standard InChI is InChI=1S/C25H22N2O3/c1-17(30-25(29)21-16-27(2)23-15-9-7-13-20(21)23)24(28)26-22-14-8-6-12-19(22)18-10-4-3-5-11-18/h3-17H,1-2H3,(H,26,28).